The average molecular weight is 234 g/mol. The summed E-state index contributed by atoms with van der Waals surface area (Å²) in [5.41, 5.74) is 1.35. The minimum absolute atomic E-state index is 0.173. The number of hydrogen-bond acceptors (Lipinski definition) is 2. The Bertz CT molecular complexity index is 563. The Kier molecular flexibility index (Phi) is 2.91. The van der Waals surface area contributed by atoms with E-state index >= 15 is 0 Å². The van der Waals surface area contributed by atoms with Crippen molar-refractivity contribution < 1.29 is 14.3 Å². The Labute approximate surface area is 97.3 Å². The monoisotopic (exact) mass is 234 g/mol. The van der Waals surface area contributed by atoms with Crippen LogP contribution in [0.5, 0.6) is 0 Å². The Morgan fingerprint density at radius 3 is 2.88 bits per heavy atom. The van der Waals surface area contributed by atoms with Crippen LogP contribution in [-0.4, -0.2) is 20.6 Å². The second kappa shape index (κ2) is 4.37. The molecule has 0 amide bonds. The van der Waals surface area contributed by atoms with Crippen molar-refractivity contribution >= 4 is 5.97 Å². The third-order valence-electron chi connectivity index (χ3n) is 2.32. The van der Waals surface area contributed by atoms with Gasteiger partial charge in [-0.2, -0.15) is 0 Å². The van der Waals surface area contributed by atoms with Gasteiger partial charge in [0.1, 0.15) is 0 Å². The molecule has 2 aromatic heterocycles. The highest BCUT2D eigenvalue weighted by molar-refractivity contribution is 5.70. The molecule has 0 bridgehead atoms. The maximum Gasteiger partial charge on any atom is 0.307 e. The van der Waals surface area contributed by atoms with Gasteiger partial charge in [-0.25, -0.2) is 9.37 Å². The van der Waals surface area contributed by atoms with Gasteiger partial charge in [-0.15, -0.1) is 0 Å². The number of carboxylic acids is 1. The standard InChI is InChI=1S/C12H11FN2O2/c1-8-2-3-15(7-8)12-10(13)4-9(6-14-12)5-11(16)17/h2-4,6-7H,5H2,1H3,(H,16,17). The van der Waals surface area contributed by atoms with Crippen molar-refractivity contribution in [1.82, 2.24) is 9.55 Å². The zero-order valence-corrected chi connectivity index (χ0v) is 9.22. The van der Waals surface area contributed by atoms with E-state index in [-0.39, 0.29) is 12.2 Å². The number of carbonyl (C=O) groups is 1. The molecule has 2 heterocycles. The van der Waals surface area contributed by atoms with E-state index in [1.807, 2.05) is 13.0 Å². The van der Waals surface area contributed by atoms with Gasteiger partial charge in [-0.3, -0.25) is 4.79 Å². The van der Waals surface area contributed by atoms with E-state index in [0.717, 1.165) is 5.56 Å². The molecule has 0 aromatic carbocycles. The van der Waals surface area contributed by atoms with Crippen molar-refractivity contribution in [2.75, 3.05) is 0 Å². The molecule has 0 unspecified atom stereocenters. The molecule has 5 heteroatoms. The lowest BCUT2D eigenvalue weighted by molar-refractivity contribution is -0.136. The maximum absolute atomic E-state index is 13.7. The second-order valence-corrected chi connectivity index (χ2v) is 3.82. The fourth-order valence-electron chi connectivity index (χ4n) is 1.57. The molecule has 0 saturated heterocycles. The summed E-state index contributed by atoms with van der Waals surface area (Å²) in [5, 5.41) is 8.59. The molecular formula is C12H11FN2O2. The Morgan fingerprint density at radius 1 is 1.59 bits per heavy atom. The number of carboxylic acid groups (broad SMARTS) is 1. The quantitative estimate of drug-likeness (QED) is 0.883. The van der Waals surface area contributed by atoms with Crippen LogP contribution in [0.4, 0.5) is 4.39 Å². The normalized spacial score (nSPS) is 10.5. The molecule has 4 nitrogen and oxygen atoms in total. The SMILES string of the molecule is Cc1ccn(-c2ncc(CC(=O)O)cc2F)c1. The molecule has 0 fully saturated rings. The summed E-state index contributed by atoms with van der Waals surface area (Å²) < 4.78 is 15.3. The first kappa shape index (κ1) is 11.3. The first-order valence-corrected chi connectivity index (χ1v) is 5.07. The second-order valence-electron chi connectivity index (χ2n) is 3.82. The van der Waals surface area contributed by atoms with Crippen molar-refractivity contribution in [3.8, 4) is 5.82 Å². The lowest BCUT2D eigenvalue weighted by Gasteiger charge is -2.04. The zero-order chi connectivity index (χ0) is 12.4. The highest BCUT2D eigenvalue weighted by atomic mass is 19.1. The summed E-state index contributed by atoms with van der Waals surface area (Å²) in [6, 6.07) is 3.04. The summed E-state index contributed by atoms with van der Waals surface area (Å²) in [5.74, 6) is -1.36. The number of halogens is 1. The first-order chi connectivity index (χ1) is 8.06. The molecule has 0 radical (unpaired) electrons. The molecule has 2 aromatic rings. The van der Waals surface area contributed by atoms with Crippen LogP contribution in [0.25, 0.3) is 5.82 Å². The minimum atomic E-state index is -1.00. The predicted molar refractivity (Wildman–Crippen MR) is 59.6 cm³/mol. The maximum atomic E-state index is 13.7. The molecule has 0 aliphatic rings. The number of aromatic nitrogens is 2. The molecule has 1 N–H and O–H groups in total. The topological polar surface area (TPSA) is 55.1 Å². The Morgan fingerprint density at radius 2 is 2.35 bits per heavy atom. The van der Waals surface area contributed by atoms with Gasteiger partial charge in [-0.1, -0.05) is 0 Å². The van der Waals surface area contributed by atoms with E-state index in [1.54, 1.807) is 17.0 Å². The zero-order valence-electron chi connectivity index (χ0n) is 9.22. The van der Waals surface area contributed by atoms with Crippen LogP contribution in [0.15, 0.2) is 30.7 Å². The minimum Gasteiger partial charge on any atom is -0.481 e. The van der Waals surface area contributed by atoms with Gasteiger partial charge >= 0.3 is 5.97 Å². The summed E-state index contributed by atoms with van der Waals surface area (Å²) >= 11 is 0. The lowest BCUT2D eigenvalue weighted by atomic mass is 10.2. The van der Waals surface area contributed by atoms with E-state index in [0.29, 0.717) is 5.56 Å². The van der Waals surface area contributed by atoms with E-state index in [2.05, 4.69) is 4.98 Å². The van der Waals surface area contributed by atoms with Crippen LogP contribution in [0, 0.1) is 12.7 Å². The van der Waals surface area contributed by atoms with Gasteiger partial charge in [0.25, 0.3) is 0 Å². The molecule has 0 aliphatic carbocycles. The fourth-order valence-corrected chi connectivity index (χ4v) is 1.57. The molecular weight excluding hydrogens is 223 g/mol. The predicted octanol–water partition coefficient (Wildman–Crippen LogP) is 1.95. The number of pyridine rings is 1. The molecule has 0 saturated carbocycles. The van der Waals surface area contributed by atoms with E-state index < -0.39 is 11.8 Å². The van der Waals surface area contributed by atoms with Gasteiger partial charge in [0.15, 0.2) is 11.6 Å². The van der Waals surface area contributed by atoms with Gasteiger partial charge < -0.3 is 9.67 Å². The molecule has 17 heavy (non-hydrogen) atoms. The van der Waals surface area contributed by atoms with Gasteiger partial charge in [-0.05, 0) is 30.2 Å². The van der Waals surface area contributed by atoms with Crippen LogP contribution < -0.4 is 0 Å². The molecule has 0 spiro atoms. The van der Waals surface area contributed by atoms with Crippen LogP contribution in [0.3, 0.4) is 0 Å². The average Bonchev–Trinajstić information content (AvgIpc) is 2.64. The molecule has 0 aliphatic heterocycles. The Hall–Kier alpha value is -2.17. The van der Waals surface area contributed by atoms with Crippen LogP contribution in [0.1, 0.15) is 11.1 Å². The highest BCUT2D eigenvalue weighted by Crippen LogP contribution is 2.14. The van der Waals surface area contributed by atoms with E-state index in [1.165, 1.54) is 12.3 Å². The Balaban J connectivity index is 2.34. The van der Waals surface area contributed by atoms with E-state index in [4.69, 9.17) is 5.11 Å². The van der Waals surface area contributed by atoms with Crippen LogP contribution in [0.2, 0.25) is 0 Å². The summed E-state index contributed by atoms with van der Waals surface area (Å²) in [6.07, 6.45) is 4.61. The highest BCUT2D eigenvalue weighted by Gasteiger charge is 2.09. The van der Waals surface area contributed by atoms with Gasteiger partial charge in [0.05, 0.1) is 6.42 Å². The smallest absolute Gasteiger partial charge is 0.307 e. The number of aryl methyl sites for hydroxylation is 1. The van der Waals surface area contributed by atoms with Crippen LogP contribution >= 0.6 is 0 Å². The van der Waals surface area contributed by atoms with Crippen molar-refractivity contribution in [1.29, 1.82) is 0 Å². The van der Waals surface area contributed by atoms with Crippen molar-refractivity contribution in [2.24, 2.45) is 0 Å². The van der Waals surface area contributed by atoms with E-state index in [9.17, 15) is 9.18 Å². The number of nitrogens with zero attached hydrogens (tertiary/aromatic N) is 2. The van der Waals surface area contributed by atoms with Crippen molar-refractivity contribution in [3.63, 3.8) is 0 Å². The summed E-state index contributed by atoms with van der Waals surface area (Å²) in [6.45, 7) is 1.90. The molecule has 88 valence electrons. The molecule has 0 atom stereocenters. The first-order valence-electron chi connectivity index (χ1n) is 5.07. The van der Waals surface area contributed by atoms with Gasteiger partial charge in [0.2, 0.25) is 0 Å². The van der Waals surface area contributed by atoms with Gasteiger partial charge in [0, 0.05) is 18.6 Å². The van der Waals surface area contributed by atoms with Crippen molar-refractivity contribution in [2.45, 2.75) is 13.3 Å². The number of rotatable bonds is 3. The van der Waals surface area contributed by atoms with Crippen molar-refractivity contribution in [3.05, 3.63) is 47.7 Å². The number of hydrogen-bond donors (Lipinski definition) is 1. The third-order valence-corrected chi connectivity index (χ3v) is 2.32. The lowest BCUT2D eigenvalue weighted by Crippen LogP contribution is -2.04. The summed E-state index contributed by atoms with van der Waals surface area (Å²) in [7, 11) is 0. The summed E-state index contributed by atoms with van der Waals surface area (Å²) in [4.78, 5) is 14.4. The van der Waals surface area contributed by atoms with Crippen LogP contribution in [-0.2, 0) is 11.2 Å². The number of aliphatic carboxylic acids is 1. The fraction of sp³-hybridized carbons (Fsp3) is 0.167. The third kappa shape index (κ3) is 2.50. The molecule has 2 rings (SSSR count). The largest absolute Gasteiger partial charge is 0.481 e.